The summed E-state index contributed by atoms with van der Waals surface area (Å²) < 4.78 is 4.88. The third kappa shape index (κ3) is 2.53. The fourth-order valence-corrected chi connectivity index (χ4v) is 0.990. The van der Waals surface area contributed by atoms with Gasteiger partial charge in [-0.2, -0.15) is 0 Å². The summed E-state index contributed by atoms with van der Waals surface area (Å²) in [4.78, 5) is 0.0406. The number of hydrazone groups is 1. The molecule has 5 N–H and O–H groups in total. The van der Waals surface area contributed by atoms with Gasteiger partial charge in [0.15, 0.2) is 11.5 Å². The number of hydrogen-bond acceptors (Lipinski definition) is 4. The molecule has 0 bridgehead atoms. The molecule has 7 heteroatoms. The van der Waals surface area contributed by atoms with Gasteiger partial charge in [0, 0.05) is 5.56 Å². The summed E-state index contributed by atoms with van der Waals surface area (Å²) in [6, 6.07) is 4.78. The van der Waals surface area contributed by atoms with Crippen molar-refractivity contribution in [3.63, 3.8) is 0 Å². The van der Waals surface area contributed by atoms with Crippen LogP contribution in [0.1, 0.15) is 5.56 Å². The highest BCUT2D eigenvalue weighted by Crippen LogP contribution is 2.27. The number of phenolic OH excluding ortho intramolecular Hbond substituents is 1. The zero-order valence-electron chi connectivity index (χ0n) is 8.62. The van der Waals surface area contributed by atoms with E-state index in [0.29, 0.717) is 5.56 Å². The van der Waals surface area contributed by atoms with Crippen LogP contribution in [0.4, 0.5) is 0 Å². The van der Waals surface area contributed by atoms with Gasteiger partial charge in [-0.05, 0) is 12.1 Å². The van der Waals surface area contributed by atoms with Gasteiger partial charge in [0.05, 0.1) is 13.3 Å². The molecule has 0 aliphatic rings. The van der Waals surface area contributed by atoms with Crippen LogP contribution in [0, 0.1) is 5.21 Å². The number of nitrogens with two attached hydrogens (primary N) is 2. The number of hydrogen-bond donors (Lipinski definition) is 3. The van der Waals surface area contributed by atoms with E-state index in [2.05, 4.69) is 5.10 Å². The number of phenols is 1. The van der Waals surface area contributed by atoms with Crippen molar-refractivity contribution in [2.45, 2.75) is 0 Å². The Bertz CT molecular complexity index is 438. The van der Waals surface area contributed by atoms with E-state index in [4.69, 9.17) is 16.2 Å². The van der Waals surface area contributed by atoms with Gasteiger partial charge in [-0.15, -0.1) is 9.95 Å². The van der Waals surface area contributed by atoms with Gasteiger partial charge in [-0.25, -0.2) is 0 Å². The Labute approximate surface area is 91.8 Å². The van der Waals surface area contributed by atoms with Crippen molar-refractivity contribution in [3.05, 3.63) is 29.0 Å². The first-order chi connectivity index (χ1) is 7.56. The van der Waals surface area contributed by atoms with Gasteiger partial charge in [0.2, 0.25) is 0 Å². The molecule has 86 valence electrons. The second kappa shape index (κ2) is 4.87. The van der Waals surface area contributed by atoms with Crippen LogP contribution >= 0.6 is 0 Å². The van der Waals surface area contributed by atoms with E-state index in [1.807, 2.05) is 0 Å². The number of nitrogens with zero attached hydrogens (tertiary/aromatic N) is 2. The van der Waals surface area contributed by atoms with Gasteiger partial charge < -0.3 is 15.1 Å². The monoisotopic (exact) mass is 224 g/mol. The zero-order valence-corrected chi connectivity index (χ0v) is 8.62. The van der Waals surface area contributed by atoms with Crippen LogP contribution in [0.25, 0.3) is 0 Å². The van der Waals surface area contributed by atoms with Crippen molar-refractivity contribution in [3.8, 4) is 11.5 Å². The van der Waals surface area contributed by atoms with Crippen LogP contribution in [0.2, 0.25) is 0 Å². The summed E-state index contributed by atoms with van der Waals surface area (Å²) in [5.41, 5.74) is 10.3. The fourth-order valence-electron chi connectivity index (χ4n) is 0.990. The fraction of sp³-hybridized carbons (Fsp3) is 0.111. The van der Waals surface area contributed by atoms with Gasteiger partial charge in [0.25, 0.3) is 0 Å². The van der Waals surface area contributed by atoms with Crippen LogP contribution in [0.3, 0.4) is 0 Å². The summed E-state index contributed by atoms with van der Waals surface area (Å²) in [6.07, 6.45) is 1.13. The lowest BCUT2D eigenvalue weighted by molar-refractivity contribution is -0.463. The van der Waals surface area contributed by atoms with Crippen LogP contribution in [-0.2, 0) is 0 Å². The molecule has 0 atom stereocenters. The predicted octanol–water partition coefficient (Wildman–Crippen LogP) is -0.482. The van der Waals surface area contributed by atoms with E-state index < -0.39 is 5.96 Å². The Hall–Kier alpha value is -2.44. The Morgan fingerprint density at radius 1 is 1.56 bits per heavy atom. The molecule has 0 aromatic heterocycles. The second-order valence-electron chi connectivity index (χ2n) is 2.84. The third-order valence-corrected chi connectivity index (χ3v) is 1.77. The average molecular weight is 224 g/mol. The molecule has 0 aliphatic carbocycles. The van der Waals surface area contributed by atoms with Crippen LogP contribution in [0.15, 0.2) is 23.3 Å². The summed E-state index contributed by atoms with van der Waals surface area (Å²) in [5, 5.41) is 23.9. The molecule has 0 saturated carbocycles. The Balaban J connectivity index is 3.03. The number of para-hydroxylation sites is 1. The normalized spacial score (nSPS) is 10.3. The first-order valence-corrected chi connectivity index (χ1v) is 4.31. The second-order valence-corrected chi connectivity index (χ2v) is 2.84. The van der Waals surface area contributed by atoms with E-state index in [-0.39, 0.29) is 16.3 Å². The summed E-state index contributed by atoms with van der Waals surface area (Å²) >= 11 is 0. The lowest BCUT2D eigenvalue weighted by Gasteiger charge is -2.06. The zero-order chi connectivity index (χ0) is 12.1. The van der Waals surface area contributed by atoms with Crippen molar-refractivity contribution < 1.29 is 14.7 Å². The average Bonchev–Trinajstić information content (AvgIpc) is 2.27. The highest BCUT2D eigenvalue weighted by molar-refractivity contribution is 5.84. The maximum Gasteiger partial charge on any atom is 0.366 e. The first-order valence-electron chi connectivity index (χ1n) is 4.31. The summed E-state index contributed by atoms with van der Waals surface area (Å²) in [5.74, 6) is -0.317. The molecule has 0 aliphatic heterocycles. The molecular formula is C9H12N4O3. The molecular weight excluding hydrogens is 212 g/mol. The maximum absolute atomic E-state index is 10.9. The lowest BCUT2D eigenvalue weighted by Crippen LogP contribution is -2.30. The van der Waals surface area contributed by atoms with Crippen molar-refractivity contribution >= 4 is 12.2 Å². The molecule has 0 saturated heterocycles. The number of benzene rings is 1. The number of ether oxygens (including phenoxy) is 1. The van der Waals surface area contributed by atoms with Crippen molar-refractivity contribution in [2.75, 3.05) is 7.11 Å². The molecule has 7 nitrogen and oxygen atoms in total. The molecule has 0 radical (unpaired) electrons. The third-order valence-electron chi connectivity index (χ3n) is 1.77. The molecule has 0 amide bonds. The van der Waals surface area contributed by atoms with Gasteiger partial charge in [-0.1, -0.05) is 6.07 Å². The SMILES string of the molecule is COc1cccc(/C=N/[N+]([O-])=C(N)N)c1O. The highest BCUT2D eigenvalue weighted by atomic mass is 16.5. The van der Waals surface area contributed by atoms with Gasteiger partial charge >= 0.3 is 5.96 Å². The first kappa shape index (κ1) is 11.6. The standard InChI is InChI=1S/C9H12N4O3/c1-16-7-4-2-3-6(8(7)14)5-12-13(15)9(10)11/h2-5,14H,10-11H2,1H3/b12-5+. The smallest absolute Gasteiger partial charge is 0.366 e. The van der Waals surface area contributed by atoms with Crippen LogP contribution in [0.5, 0.6) is 11.5 Å². The van der Waals surface area contributed by atoms with Crippen LogP contribution < -0.4 is 16.2 Å². The van der Waals surface area contributed by atoms with Gasteiger partial charge in [-0.3, -0.25) is 11.5 Å². The molecule has 16 heavy (non-hydrogen) atoms. The minimum Gasteiger partial charge on any atom is -0.722 e. The van der Waals surface area contributed by atoms with Crippen molar-refractivity contribution in [1.29, 1.82) is 0 Å². The number of aromatic hydroxyl groups is 1. The Morgan fingerprint density at radius 3 is 2.81 bits per heavy atom. The molecule has 0 unspecified atom stereocenters. The largest absolute Gasteiger partial charge is 0.722 e. The molecule has 0 fully saturated rings. The van der Waals surface area contributed by atoms with E-state index in [9.17, 15) is 10.3 Å². The summed E-state index contributed by atoms with van der Waals surface area (Å²) in [7, 11) is 1.42. The van der Waals surface area contributed by atoms with Gasteiger partial charge in [0.1, 0.15) is 0 Å². The molecule has 1 rings (SSSR count). The topological polar surface area (TPSA) is 120 Å². The van der Waals surface area contributed by atoms with Crippen molar-refractivity contribution in [1.82, 2.24) is 0 Å². The molecule has 0 heterocycles. The Morgan fingerprint density at radius 2 is 2.25 bits per heavy atom. The molecule has 1 aromatic carbocycles. The Kier molecular flexibility index (Phi) is 3.54. The number of guanidine groups is 1. The van der Waals surface area contributed by atoms with Crippen LogP contribution in [-0.4, -0.2) is 29.2 Å². The summed E-state index contributed by atoms with van der Waals surface area (Å²) in [6.45, 7) is 0. The maximum atomic E-state index is 10.9. The predicted molar refractivity (Wildman–Crippen MR) is 59.3 cm³/mol. The number of rotatable bonds is 3. The highest BCUT2D eigenvalue weighted by Gasteiger charge is 2.04. The minimum atomic E-state index is -0.487. The molecule has 0 spiro atoms. The molecule has 1 aromatic rings. The quantitative estimate of drug-likeness (QED) is 0.210. The van der Waals surface area contributed by atoms with E-state index >= 15 is 0 Å². The van der Waals surface area contributed by atoms with Crippen molar-refractivity contribution in [2.24, 2.45) is 16.6 Å². The van der Waals surface area contributed by atoms with E-state index in [1.54, 1.807) is 18.2 Å². The lowest BCUT2D eigenvalue weighted by atomic mass is 10.2. The minimum absolute atomic E-state index is 0.0406. The number of methoxy groups -OCH3 is 1. The van der Waals surface area contributed by atoms with E-state index in [0.717, 1.165) is 6.21 Å². The van der Waals surface area contributed by atoms with E-state index in [1.165, 1.54) is 7.11 Å².